The molecule has 4 heterocycles. The lowest BCUT2D eigenvalue weighted by Crippen LogP contribution is -2.44. The summed E-state index contributed by atoms with van der Waals surface area (Å²) in [6.07, 6.45) is -2.51. The van der Waals surface area contributed by atoms with Gasteiger partial charge in [-0.25, -0.2) is 9.97 Å². The highest BCUT2D eigenvalue weighted by Crippen LogP contribution is 2.33. The Labute approximate surface area is 205 Å². The molecule has 2 fully saturated rings. The number of ether oxygens (including phenoxy) is 1. The fourth-order valence-electron chi connectivity index (χ4n) is 4.64. The highest BCUT2D eigenvalue weighted by atomic mass is 35.5. The number of hydrogen-bond donors (Lipinski definition) is 1. The average molecular weight is 508 g/mol. The summed E-state index contributed by atoms with van der Waals surface area (Å²) >= 11 is 6.02. The van der Waals surface area contributed by atoms with Crippen molar-refractivity contribution in [1.82, 2.24) is 19.9 Å². The maximum absolute atomic E-state index is 13.4. The molecule has 11 heteroatoms. The fraction of sp³-hybridized carbons (Fsp3) is 0.458. The molecule has 5 rings (SSSR count). The molecule has 0 bridgehead atoms. The first-order valence-electron chi connectivity index (χ1n) is 11.6. The number of alkyl halides is 4. The van der Waals surface area contributed by atoms with Crippen LogP contribution in [0.15, 0.2) is 36.4 Å². The van der Waals surface area contributed by atoms with E-state index in [4.69, 9.17) is 21.3 Å². The van der Waals surface area contributed by atoms with Crippen molar-refractivity contribution in [2.75, 3.05) is 31.2 Å². The Bertz CT molecular complexity index is 1220. The average Bonchev–Trinajstić information content (AvgIpc) is 3.51. The summed E-state index contributed by atoms with van der Waals surface area (Å²) < 4.78 is 47.2. The number of imidazole rings is 1. The van der Waals surface area contributed by atoms with Crippen LogP contribution in [0.4, 0.5) is 19.1 Å². The lowest BCUT2D eigenvalue weighted by Gasteiger charge is -2.32. The number of nitrogens with zero attached hydrogens (tertiary/aromatic N) is 4. The van der Waals surface area contributed by atoms with Gasteiger partial charge in [0.15, 0.2) is 0 Å². The Morgan fingerprint density at radius 1 is 1.14 bits per heavy atom. The number of amides is 1. The van der Waals surface area contributed by atoms with Gasteiger partial charge < -0.3 is 15.0 Å². The number of anilines is 1. The second-order valence-electron chi connectivity index (χ2n) is 8.91. The summed E-state index contributed by atoms with van der Waals surface area (Å²) in [5.74, 6) is 0.796. The summed E-state index contributed by atoms with van der Waals surface area (Å²) in [6, 6.07) is 9.38. The topological polar surface area (TPSA) is 72.3 Å². The number of nitrogens with one attached hydrogen (secondary N) is 1. The van der Waals surface area contributed by atoms with Gasteiger partial charge in [-0.2, -0.15) is 13.2 Å². The molecule has 2 aromatic heterocycles. The molecular formula is C24H25ClF3N5O2. The highest BCUT2D eigenvalue weighted by Gasteiger charge is 2.34. The summed E-state index contributed by atoms with van der Waals surface area (Å²) in [4.78, 5) is 23.3. The van der Waals surface area contributed by atoms with Crippen LogP contribution < -0.4 is 10.2 Å². The monoisotopic (exact) mass is 507 g/mol. The Kier molecular flexibility index (Phi) is 6.59. The van der Waals surface area contributed by atoms with E-state index in [2.05, 4.69) is 10.3 Å². The molecule has 0 spiro atoms. The van der Waals surface area contributed by atoms with E-state index in [1.165, 1.54) is 12.1 Å². The summed E-state index contributed by atoms with van der Waals surface area (Å²) in [5, 5.41) is 3.06. The highest BCUT2D eigenvalue weighted by molar-refractivity contribution is 6.17. The van der Waals surface area contributed by atoms with Crippen LogP contribution in [0.5, 0.6) is 0 Å². The number of halogens is 4. The molecule has 35 heavy (non-hydrogen) atoms. The van der Waals surface area contributed by atoms with Crippen molar-refractivity contribution in [3.8, 4) is 5.82 Å². The molecule has 2 aliphatic heterocycles. The van der Waals surface area contributed by atoms with Gasteiger partial charge in [-0.3, -0.25) is 9.36 Å². The molecular weight excluding hydrogens is 483 g/mol. The van der Waals surface area contributed by atoms with Crippen LogP contribution in [0, 0.1) is 5.92 Å². The smallest absolute Gasteiger partial charge is 0.379 e. The van der Waals surface area contributed by atoms with Gasteiger partial charge in [0.05, 0.1) is 23.7 Å². The van der Waals surface area contributed by atoms with Crippen molar-refractivity contribution < 1.29 is 22.7 Å². The Morgan fingerprint density at radius 2 is 1.94 bits per heavy atom. The fourth-order valence-corrected chi connectivity index (χ4v) is 4.81. The predicted molar refractivity (Wildman–Crippen MR) is 126 cm³/mol. The van der Waals surface area contributed by atoms with Gasteiger partial charge in [0.25, 0.3) is 0 Å². The lowest BCUT2D eigenvalue weighted by atomic mass is 9.95. The molecule has 1 N–H and O–H groups in total. The van der Waals surface area contributed by atoms with Crippen molar-refractivity contribution >= 4 is 34.5 Å². The quantitative estimate of drug-likeness (QED) is 0.521. The Morgan fingerprint density at radius 3 is 2.63 bits per heavy atom. The molecule has 2 aliphatic rings. The molecule has 186 valence electrons. The zero-order chi connectivity index (χ0) is 24.6. The van der Waals surface area contributed by atoms with Gasteiger partial charge in [0.1, 0.15) is 11.5 Å². The second-order valence-corrected chi connectivity index (χ2v) is 9.18. The van der Waals surface area contributed by atoms with E-state index in [1.807, 2.05) is 23.1 Å². The van der Waals surface area contributed by atoms with Gasteiger partial charge in [-0.1, -0.05) is 12.1 Å². The van der Waals surface area contributed by atoms with Crippen molar-refractivity contribution in [2.24, 2.45) is 5.92 Å². The number of aromatic nitrogens is 3. The minimum absolute atomic E-state index is 0.0277. The van der Waals surface area contributed by atoms with Crippen LogP contribution in [0.25, 0.3) is 16.9 Å². The number of piperidine rings is 1. The van der Waals surface area contributed by atoms with Crippen LogP contribution >= 0.6 is 11.6 Å². The van der Waals surface area contributed by atoms with E-state index in [0.717, 1.165) is 18.1 Å². The van der Waals surface area contributed by atoms with Gasteiger partial charge >= 0.3 is 6.18 Å². The van der Waals surface area contributed by atoms with E-state index in [9.17, 15) is 18.0 Å². The third-order valence-corrected chi connectivity index (χ3v) is 6.84. The number of pyridine rings is 1. The molecule has 7 nitrogen and oxygen atoms in total. The molecule has 0 saturated carbocycles. The first kappa shape index (κ1) is 23.9. The molecule has 1 atom stereocenters. The zero-order valence-electron chi connectivity index (χ0n) is 18.9. The molecule has 0 radical (unpaired) electrons. The van der Waals surface area contributed by atoms with Gasteiger partial charge in [0.2, 0.25) is 11.9 Å². The summed E-state index contributed by atoms with van der Waals surface area (Å²) in [7, 11) is 0. The maximum Gasteiger partial charge on any atom is 0.433 e. The number of fused-ring (bicyclic) bond motifs is 1. The van der Waals surface area contributed by atoms with Crippen LogP contribution in [-0.2, 0) is 21.6 Å². The standard InChI is InChI=1S/C24H25ClF3N5O2/c25-13-15-4-5-18-19(12-15)33(21-3-1-2-20(31-21)24(26,27)28)23(30-18)32-9-6-16(7-10-32)22(34)29-17-8-11-35-14-17/h1-5,12,16-17H,6-11,13-14H2,(H,29,34)/t17-/m1/s1. The summed E-state index contributed by atoms with van der Waals surface area (Å²) in [5.41, 5.74) is 1.12. The van der Waals surface area contributed by atoms with E-state index < -0.39 is 11.9 Å². The third-order valence-electron chi connectivity index (χ3n) is 6.53. The number of carbonyl (C=O) groups excluding carboxylic acids is 1. The predicted octanol–water partition coefficient (Wildman–Crippen LogP) is 4.30. The lowest BCUT2D eigenvalue weighted by molar-refractivity contribution is -0.141. The largest absolute Gasteiger partial charge is 0.433 e. The third kappa shape index (κ3) is 4.95. The minimum atomic E-state index is -4.57. The molecule has 1 aromatic carbocycles. The molecule has 2 saturated heterocycles. The SMILES string of the molecule is O=C(N[C@@H]1CCOC1)C1CCN(c2nc3ccc(CCl)cc3n2-c2cccc(C(F)(F)F)n2)CC1. The van der Waals surface area contributed by atoms with Crippen LogP contribution in [0.3, 0.4) is 0 Å². The van der Waals surface area contributed by atoms with E-state index in [-0.39, 0.29) is 29.6 Å². The Hall–Kier alpha value is -2.85. The number of rotatable bonds is 5. The minimum Gasteiger partial charge on any atom is -0.379 e. The van der Waals surface area contributed by atoms with Crippen LogP contribution in [0.2, 0.25) is 0 Å². The van der Waals surface area contributed by atoms with Crippen LogP contribution in [-0.4, -0.2) is 52.8 Å². The van der Waals surface area contributed by atoms with E-state index in [0.29, 0.717) is 56.1 Å². The molecule has 1 amide bonds. The maximum atomic E-state index is 13.4. The summed E-state index contributed by atoms with van der Waals surface area (Å²) in [6.45, 7) is 2.30. The number of hydrogen-bond acceptors (Lipinski definition) is 5. The van der Waals surface area contributed by atoms with E-state index in [1.54, 1.807) is 4.57 Å². The first-order chi connectivity index (χ1) is 16.8. The molecule has 3 aromatic rings. The number of benzene rings is 1. The Balaban J connectivity index is 1.45. The first-order valence-corrected chi connectivity index (χ1v) is 12.1. The molecule has 0 unspecified atom stereocenters. The van der Waals surface area contributed by atoms with Gasteiger partial charge in [0, 0.05) is 31.5 Å². The van der Waals surface area contributed by atoms with Crippen molar-refractivity contribution in [1.29, 1.82) is 0 Å². The number of carbonyl (C=O) groups is 1. The van der Waals surface area contributed by atoms with E-state index >= 15 is 0 Å². The zero-order valence-corrected chi connectivity index (χ0v) is 19.6. The van der Waals surface area contributed by atoms with Crippen LogP contribution in [0.1, 0.15) is 30.5 Å². The van der Waals surface area contributed by atoms with Crippen molar-refractivity contribution in [3.05, 3.63) is 47.7 Å². The second kappa shape index (κ2) is 9.66. The van der Waals surface area contributed by atoms with Crippen molar-refractivity contribution in [2.45, 2.75) is 37.4 Å². The van der Waals surface area contributed by atoms with Gasteiger partial charge in [-0.05, 0) is 49.1 Å². The molecule has 0 aliphatic carbocycles. The normalized spacial score (nSPS) is 19.4. The van der Waals surface area contributed by atoms with Gasteiger partial charge in [-0.15, -0.1) is 11.6 Å². The van der Waals surface area contributed by atoms with Crippen molar-refractivity contribution in [3.63, 3.8) is 0 Å².